The van der Waals surface area contributed by atoms with Crippen LogP contribution < -0.4 is 0 Å². The van der Waals surface area contributed by atoms with Gasteiger partial charge < -0.3 is 19.7 Å². The molecule has 4 rings (SSSR count). The molecule has 3 heterocycles. The second-order valence-electron chi connectivity index (χ2n) is 9.46. The van der Waals surface area contributed by atoms with E-state index in [9.17, 15) is 26.3 Å². The molecule has 1 atom stereocenters. The van der Waals surface area contributed by atoms with Gasteiger partial charge in [-0.25, -0.2) is 9.59 Å². The Bertz CT molecular complexity index is 1040. The van der Waals surface area contributed by atoms with E-state index in [2.05, 4.69) is 40.2 Å². The Labute approximate surface area is 232 Å². The molecule has 0 radical (unpaired) electrons. The normalized spacial score (nSPS) is 18.5. The van der Waals surface area contributed by atoms with E-state index < -0.39 is 24.3 Å². The zero-order chi connectivity index (χ0) is 30.5. The third kappa shape index (κ3) is 12.0. The van der Waals surface area contributed by atoms with Gasteiger partial charge in [0, 0.05) is 45.2 Å². The number of hydrogen-bond donors (Lipinski definition) is 2. The lowest BCUT2D eigenvalue weighted by Crippen LogP contribution is -2.47. The number of nitrogens with zero attached hydrogens (tertiary/aromatic N) is 2. The van der Waals surface area contributed by atoms with E-state index in [0.717, 1.165) is 52.1 Å². The summed E-state index contributed by atoms with van der Waals surface area (Å²) in [7, 11) is 0. The minimum absolute atomic E-state index is 0.0905. The summed E-state index contributed by atoms with van der Waals surface area (Å²) in [5.41, 5.74) is 2.69. The number of alkyl halides is 6. The van der Waals surface area contributed by atoms with Crippen molar-refractivity contribution in [2.75, 3.05) is 26.3 Å². The van der Waals surface area contributed by atoms with Crippen LogP contribution >= 0.6 is 0 Å². The molecule has 2 fully saturated rings. The molecule has 41 heavy (non-hydrogen) atoms. The number of halogens is 6. The standard InChI is InChI=1S/C23H30N2O2.2C2HF3O2/c1-2-4-20(5-3-1)18-25-14-10-23(11-15-25)22(9-17-27-23)8-16-26-19-21-6-12-24-13-7-21;2*3-2(4,5)1(6)7/h1-7,12-13,22H,8-11,14-19H2;2*(H,6,7). The second kappa shape index (κ2) is 15.7. The molecule has 2 aliphatic heterocycles. The molecule has 2 N–H and O–H groups in total. The highest BCUT2D eigenvalue weighted by atomic mass is 19.4. The van der Waals surface area contributed by atoms with Crippen LogP contribution in [-0.2, 0) is 32.2 Å². The first-order valence-electron chi connectivity index (χ1n) is 12.7. The van der Waals surface area contributed by atoms with Gasteiger partial charge >= 0.3 is 24.3 Å². The van der Waals surface area contributed by atoms with Crippen LogP contribution in [-0.4, -0.2) is 76.3 Å². The van der Waals surface area contributed by atoms with Crippen molar-refractivity contribution in [1.82, 2.24) is 9.88 Å². The first-order chi connectivity index (χ1) is 19.2. The van der Waals surface area contributed by atoms with Gasteiger partial charge in [-0.15, -0.1) is 0 Å². The van der Waals surface area contributed by atoms with Crippen LogP contribution in [0.15, 0.2) is 54.9 Å². The SMILES string of the molecule is O=C(O)C(F)(F)F.O=C(O)C(F)(F)F.c1ccc(CN2CCC3(CC2)OCCC3CCOCc2ccncc2)cc1. The van der Waals surface area contributed by atoms with Crippen molar-refractivity contribution in [2.24, 2.45) is 5.92 Å². The number of piperidine rings is 1. The first-order valence-corrected chi connectivity index (χ1v) is 12.7. The van der Waals surface area contributed by atoms with Gasteiger partial charge in [0.1, 0.15) is 0 Å². The van der Waals surface area contributed by atoms with Crippen molar-refractivity contribution in [3.63, 3.8) is 0 Å². The molecule has 228 valence electrons. The molecule has 2 aliphatic rings. The highest BCUT2D eigenvalue weighted by Gasteiger charge is 2.45. The minimum atomic E-state index is -5.08. The first kappa shape index (κ1) is 34.0. The summed E-state index contributed by atoms with van der Waals surface area (Å²) in [6.45, 7) is 5.71. The third-order valence-electron chi connectivity index (χ3n) is 6.67. The molecule has 0 bridgehead atoms. The lowest BCUT2D eigenvalue weighted by atomic mass is 9.78. The average molecular weight is 595 g/mol. The lowest BCUT2D eigenvalue weighted by molar-refractivity contribution is -0.193. The number of carboxylic acids is 2. The number of rotatable bonds is 7. The van der Waals surface area contributed by atoms with Gasteiger partial charge in [0.05, 0.1) is 12.2 Å². The fraction of sp³-hybridized carbons (Fsp3) is 0.519. The molecule has 2 saturated heterocycles. The molecule has 2 aromatic rings. The van der Waals surface area contributed by atoms with Gasteiger partial charge in [-0.1, -0.05) is 30.3 Å². The molecule has 1 unspecified atom stereocenters. The van der Waals surface area contributed by atoms with Crippen molar-refractivity contribution in [3.8, 4) is 0 Å². The Morgan fingerprint density at radius 3 is 1.98 bits per heavy atom. The highest BCUT2D eigenvalue weighted by molar-refractivity contribution is 5.73. The lowest BCUT2D eigenvalue weighted by Gasteiger charge is -2.42. The second-order valence-corrected chi connectivity index (χ2v) is 9.46. The van der Waals surface area contributed by atoms with Crippen molar-refractivity contribution in [2.45, 2.75) is 56.8 Å². The molecule has 0 saturated carbocycles. The number of likely N-dealkylation sites (tertiary alicyclic amines) is 1. The molecular formula is C27H32F6N2O6. The van der Waals surface area contributed by atoms with Crippen LogP contribution in [0, 0.1) is 5.92 Å². The van der Waals surface area contributed by atoms with Crippen LogP contribution in [0.3, 0.4) is 0 Å². The van der Waals surface area contributed by atoms with Crippen LogP contribution in [0.25, 0.3) is 0 Å². The molecule has 1 aromatic carbocycles. The van der Waals surface area contributed by atoms with Gasteiger partial charge in [0.2, 0.25) is 0 Å². The Balaban J connectivity index is 0.000000349. The highest BCUT2D eigenvalue weighted by Crippen LogP contribution is 2.42. The summed E-state index contributed by atoms with van der Waals surface area (Å²) in [6.07, 6.45) is -1.95. The number of ether oxygens (including phenoxy) is 2. The molecule has 0 aliphatic carbocycles. The minimum Gasteiger partial charge on any atom is -0.475 e. The maximum Gasteiger partial charge on any atom is 0.490 e. The quantitative estimate of drug-likeness (QED) is 0.327. The number of aliphatic carboxylic acids is 2. The van der Waals surface area contributed by atoms with E-state index >= 15 is 0 Å². The fourth-order valence-electron chi connectivity index (χ4n) is 4.57. The van der Waals surface area contributed by atoms with Crippen molar-refractivity contribution in [3.05, 3.63) is 66.0 Å². The molecule has 1 spiro atoms. The van der Waals surface area contributed by atoms with E-state index in [0.29, 0.717) is 12.5 Å². The third-order valence-corrected chi connectivity index (χ3v) is 6.67. The molecule has 14 heteroatoms. The maximum atomic E-state index is 10.6. The van der Waals surface area contributed by atoms with E-state index in [-0.39, 0.29) is 5.60 Å². The number of benzene rings is 1. The molecule has 8 nitrogen and oxygen atoms in total. The molecular weight excluding hydrogens is 562 g/mol. The predicted molar refractivity (Wildman–Crippen MR) is 134 cm³/mol. The molecule has 1 aromatic heterocycles. The average Bonchev–Trinajstić information content (AvgIpc) is 3.30. The number of carboxylic acid groups (broad SMARTS) is 2. The van der Waals surface area contributed by atoms with Crippen molar-refractivity contribution >= 4 is 11.9 Å². The summed E-state index contributed by atoms with van der Waals surface area (Å²) >= 11 is 0. The number of aromatic nitrogens is 1. The van der Waals surface area contributed by atoms with E-state index in [4.69, 9.17) is 29.3 Å². The summed E-state index contributed by atoms with van der Waals surface area (Å²) in [6, 6.07) is 14.8. The zero-order valence-corrected chi connectivity index (χ0v) is 22.0. The van der Waals surface area contributed by atoms with E-state index in [1.54, 1.807) is 0 Å². The smallest absolute Gasteiger partial charge is 0.475 e. The summed E-state index contributed by atoms with van der Waals surface area (Å²) < 4.78 is 75.7. The summed E-state index contributed by atoms with van der Waals surface area (Å²) in [4.78, 5) is 24.4. The largest absolute Gasteiger partial charge is 0.490 e. The van der Waals surface area contributed by atoms with Crippen LogP contribution in [0.4, 0.5) is 26.3 Å². The Morgan fingerprint density at radius 1 is 0.927 bits per heavy atom. The van der Waals surface area contributed by atoms with Crippen molar-refractivity contribution < 1.29 is 55.6 Å². The molecule has 0 amide bonds. The Hall–Kier alpha value is -3.23. The monoisotopic (exact) mass is 594 g/mol. The topological polar surface area (TPSA) is 109 Å². The summed E-state index contributed by atoms with van der Waals surface area (Å²) in [5, 5.41) is 14.2. The fourth-order valence-corrected chi connectivity index (χ4v) is 4.57. The van der Waals surface area contributed by atoms with Gasteiger partial charge in [0.15, 0.2) is 0 Å². The van der Waals surface area contributed by atoms with Crippen LogP contribution in [0.1, 0.15) is 36.8 Å². The summed E-state index contributed by atoms with van der Waals surface area (Å²) in [5.74, 6) is -4.88. The Kier molecular flexibility index (Phi) is 13.0. The van der Waals surface area contributed by atoms with Gasteiger partial charge in [-0.3, -0.25) is 9.88 Å². The zero-order valence-electron chi connectivity index (χ0n) is 22.0. The van der Waals surface area contributed by atoms with Gasteiger partial charge in [-0.05, 0) is 54.9 Å². The number of hydrogen-bond acceptors (Lipinski definition) is 6. The van der Waals surface area contributed by atoms with Crippen LogP contribution in [0.5, 0.6) is 0 Å². The van der Waals surface area contributed by atoms with Gasteiger partial charge in [-0.2, -0.15) is 26.3 Å². The predicted octanol–water partition coefficient (Wildman–Crippen LogP) is 5.33. The maximum absolute atomic E-state index is 10.6. The number of pyridine rings is 1. The van der Waals surface area contributed by atoms with Crippen LogP contribution in [0.2, 0.25) is 0 Å². The van der Waals surface area contributed by atoms with Crippen molar-refractivity contribution in [1.29, 1.82) is 0 Å². The van der Waals surface area contributed by atoms with E-state index in [1.165, 1.54) is 17.5 Å². The van der Waals surface area contributed by atoms with E-state index in [1.807, 2.05) is 24.5 Å². The Morgan fingerprint density at radius 2 is 1.46 bits per heavy atom. The number of carbonyl (C=O) groups is 2. The van der Waals surface area contributed by atoms with Gasteiger partial charge in [0.25, 0.3) is 0 Å².